The third-order valence-corrected chi connectivity index (χ3v) is 5.42. The number of rotatable bonds is 10. The van der Waals surface area contributed by atoms with Crippen LogP contribution in [0, 0.1) is 0 Å². The first kappa shape index (κ1) is 24.1. The smallest absolute Gasteiger partial charge is 0.251 e. The van der Waals surface area contributed by atoms with E-state index in [0.29, 0.717) is 23.4 Å². The number of benzene rings is 3. The fraction of sp³-hybridized carbons (Fsp3) is 0.214. The van der Waals surface area contributed by atoms with Crippen molar-refractivity contribution in [2.24, 2.45) is 0 Å². The minimum atomic E-state index is -0.646. The third kappa shape index (κ3) is 7.24. The molecule has 0 aromatic heterocycles. The molecule has 0 aliphatic rings. The number of hydrogen-bond acceptors (Lipinski definition) is 4. The summed E-state index contributed by atoms with van der Waals surface area (Å²) in [5.74, 6) is -0.245. The number of carbonyl (C=O) groups is 2. The third-order valence-electron chi connectivity index (χ3n) is 5.42. The number of aliphatic hydroxyl groups excluding tert-OH is 1. The van der Waals surface area contributed by atoms with Crippen molar-refractivity contribution in [3.8, 4) is 0 Å². The number of hydrogen-bond donors (Lipinski definition) is 3. The van der Waals surface area contributed by atoms with Gasteiger partial charge < -0.3 is 15.7 Å². The number of aliphatic hydroxyl groups is 1. The predicted octanol–water partition coefficient (Wildman–Crippen LogP) is 5.01. The minimum Gasteiger partial charge on any atom is -0.387 e. The van der Waals surface area contributed by atoms with Crippen molar-refractivity contribution in [3.63, 3.8) is 0 Å². The zero-order valence-corrected chi connectivity index (χ0v) is 19.0. The number of amides is 1. The summed E-state index contributed by atoms with van der Waals surface area (Å²) >= 11 is 0. The Hall–Kier alpha value is -3.54. The summed E-state index contributed by atoms with van der Waals surface area (Å²) in [5, 5.41) is 16.5. The van der Waals surface area contributed by atoms with Crippen molar-refractivity contribution in [2.75, 3.05) is 11.9 Å². The van der Waals surface area contributed by atoms with E-state index in [0.717, 1.165) is 11.1 Å². The van der Waals surface area contributed by atoms with E-state index < -0.39 is 6.10 Å². The van der Waals surface area contributed by atoms with Crippen LogP contribution in [0.25, 0.3) is 6.08 Å². The molecular weight excluding hydrogens is 412 g/mol. The average molecular weight is 443 g/mol. The largest absolute Gasteiger partial charge is 0.387 e. The molecule has 0 bridgehead atoms. The summed E-state index contributed by atoms with van der Waals surface area (Å²) in [6, 6.07) is 25.8. The Bertz CT molecular complexity index is 1090. The highest BCUT2D eigenvalue weighted by molar-refractivity contribution is 6.07. The molecule has 2 atom stereocenters. The Morgan fingerprint density at radius 2 is 1.61 bits per heavy atom. The van der Waals surface area contributed by atoms with Gasteiger partial charge in [0.05, 0.1) is 6.10 Å². The molecule has 0 saturated carbocycles. The zero-order valence-electron chi connectivity index (χ0n) is 19.0. The van der Waals surface area contributed by atoms with Crippen molar-refractivity contribution >= 4 is 23.5 Å². The van der Waals surface area contributed by atoms with Gasteiger partial charge in [-0.1, -0.05) is 72.8 Å². The molecule has 0 aliphatic heterocycles. The molecule has 0 heterocycles. The van der Waals surface area contributed by atoms with Crippen LogP contribution in [0.15, 0.2) is 90.5 Å². The van der Waals surface area contributed by atoms with Crippen LogP contribution in [0.5, 0.6) is 0 Å². The second kappa shape index (κ2) is 11.9. The van der Waals surface area contributed by atoms with Gasteiger partial charge in [-0.3, -0.25) is 9.59 Å². The molecule has 3 N–H and O–H groups in total. The monoisotopic (exact) mass is 442 g/mol. The lowest BCUT2D eigenvalue weighted by Crippen LogP contribution is -2.33. The number of carbonyl (C=O) groups excluding carboxylic acids is 2. The Labute approximate surface area is 195 Å². The van der Waals surface area contributed by atoms with E-state index in [9.17, 15) is 14.7 Å². The molecule has 0 aliphatic carbocycles. The van der Waals surface area contributed by atoms with Crippen molar-refractivity contribution in [1.29, 1.82) is 0 Å². The Morgan fingerprint density at radius 1 is 0.939 bits per heavy atom. The molecule has 0 spiro atoms. The predicted molar refractivity (Wildman–Crippen MR) is 133 cm³/mol. The quantitative estimate of drug-likeness (QED) is 0.305. The molecule has 0 saturated heterocycles. The van der Waals surface area contributed by atoms with E-state index in [2.05, 4.69) is 10.6 Å². The van der Waals surface area contributed by atoms with Crippen molar-refractivity contribution < 1.29 is 14.7 Å². The summed E-state index contributed by atoms with van der Waals surface area (Å²) < 4.78 is 0. The van der Waals surface area contributed by atoms with Crippen molar-refractivity contribution in [1.82, 2.24) is 5.32 Å². The highest BCUT2D eigenvalue weighted by Gasteiger charge is 2.16. The molecule has 3 aromatic rings. The lowest BCUT2D eigenvalue weighted by molar-refractivity contribution is -0.112. The first-order valence-corrected chi connectivity index (χ1v) is 11.1. The topological polar surface area (TPSA) is 78.4 Å². The van der Waals surface area contributed by atoms with Crippen LogP contribution in [0.2, 0.25) is 0 Å². The molecule has 1 amide bonds. The Morgan fingerprint density at radius 3 is 2.30 bits per heavy atom. The summed E-state index contributed by atoms with van der Waals surface area (Å²) in [6.45, 7) is 4.09. The second-order valence-corrected chi connectivity index (χ2v) is 8.04. The molecule has 0 radical (unpaired) electrons. The normalized spacial score (nSPS) is 13.2. The van der Waals surface area contributed by atoms with E-state index in [1.165, 1.54) is 0 Å². The van der Waals surface area contributed by atoms with Gasteiger partial charge in [-0.05, 0) is 43.2 Å². The van der Waals surface area contributed by atoms with E-state index in [4.69, 9.17) is 0 Å². The summed E-state index contributed by atoms with van der Waals surface area (Å²) in [6.07, 6.45) is 1.46. The molecule has 5 nitrogen and oxygen atoms in total. The molecule has 5 heteroatoms. The SMILES string of the molecule is C/C(=C\c1ccccc1)C(=O)Nc1cccc(C(=O)CCNC(C)C(O)c2ccccc2)c1. The lowest BCUT2D eigenvalue weighted by Gasteiger charge is -2.20. The summed E-state index contributed by atoms with van der Waals surface area (Å²) in [7, 11) is 0. The summed E-state index contributed by atoms with van der Waals surface area (Å²) in [4.78, 5) is 25.2. The van der Waals surface area contributed by atoms with Crippen LogP contribution in [-0.4, -0.2) is 29.4 Å². The molecule has 0 fully saturated rings. The highest BCUT2D eigenvalue weighted by atomic mass is 16.3. The minimum absolute atomic E-state index is 0.0310. The van der Waals surface area contributed by atoms with Crippen LogP contribution in [0.4, 0.5) is 5.69 Å². The number of nitrogens with one attached hydrogen (secondary N) is 2. The van der Waals surface area contributed by atoms with Gasteiger partial charge in [0, 0.05) is 35.8 Å². The number of Topliss-reactive ketones (excluding diaryl/α,β-unsaturated/α-hetero) is 1. The Balaban J connectivity index is 1.53. The van der Waals surface area contributed by atoms with Gasteiger partial charge in [0.15, 0.2) is 5.78 Å². The fourth-order valence-electron chi connectivity index (χ4n) is 3.47. The van der Waals surface area contributed by atoms with Crippen LogP contribution in [-0.2, 0) is 4.79 Å². The molecule has 3 aromatic carbocycles. The van der Waals surface area contributed by atoms with Crippen molar-refractivity contribution in [2.45, 2.75) is 32.4 Å². The Kier molecular flexibility index (Phi) is 8.70. The first-order valence-electron chi connectivity index (χ1n) is 11.1. The van der Waals surface area contributed by atoms with Gasteiger partial charge in [-0.25, -0.2) is 0 Å². The number of ketones is 1. The van der Waals surface area contributed by atoms with Gasteiger partial charge in [0.25, 0.3) is 5.91 Å². The summed E-state index contributed by atoms with van der Waals surface area (Å²) in [5.41, 5.74) is 3.48. The zero-order chi connectivity index (χ0) is 23.6. The van der Waals surface area contributed by atoms with Gasteiger partial charge in [-0.2, -0.15) is 0 Å². The van der Waals surface area contributed by atoms with E-state index in [1.54, 1.807) is 31.2 Å². The second-order valence-electron chi connectivity index (χ2n) is 8.04. The maximum Gasteiger partial charge on any atom is 0.251 e. The van der Waals surface area contributed by atoms with E-state index in [1.807, 2.05) is 73.7 Å². The van der Waals surface area contributed by atoms with Gasteiger partial charge in [0.1, 0.15) is 0 Å². The van der Waals surface area contributed by atoms with Crippen molar-refractivity contribution in [3.05, 3.63) is 107 Å². The average Bonchev–Trinajstić information content (AvgIpc) is 2.84. The van der Waals surface area contributed by atoms with Gasteiger partial charge in [0.2, 0.25) is 0 Å². The molecular formula is C28H30N2O3. The molecule has 170 valence electrons. The lowest BCUT2D eigenvalue weighted by atomic mass is 10.0. The number of anilines is 1. The van der Waals surface area contributed by atoms with Gasteiger partial charge in [-0.15, -0.1) is 0 Å². The first-order chi connectivity index (χ1) is 15.9. The van der Waals surface area contributed by atoms with Crippen LogP contribution < -0.4 is 10.6 Å². The van der Waals surface area contributed by atoms with Gasteiger partial charge >= 0.3 is 0 Å². The van der Waals surface area contributed by atoms with Crippen LogP contribution in [0.1, 0.15) is 47.9 Å². The van der Waals surface area contributed by atoms with Crippen LogP contribution in [0.3, 0.4) is 0 Å². The highest BCUT2D eigenvalue weighted by Crippen LogP contribution is 2.17. The molecule has 2 unspecified atom stereocenters. The molecule has 33 heavy (non-hydrogen) atoms. The standard InChI is InChI=1S/C28H30N2O3/c1-20(18-22-10-5-3-6-11-22)28(33)30-25-15-9-14-24(19-25)26(31)16-17-29-21(2)27(32)23-12-7-4-8-13-23/h3-15,18-19,21,27,29,32H,16-17H2,1-2H3,(H,30,33)/b20-18+. The van der Waals surface area contributed by atoms with E-state index in [-0.39, 0.29) is 24.2 Å². The van der Waals surface area contributed by atoms with E-state index >= 15 is 0 Å². The van der Waals surface area contributed by atoms with Crippen LogP contribution >= 0.6 is 0 Å². The maximum atomic E-state index is 12.7. The molecule has 3 rings (SSSR count). The maximum absolute atomic E-state index is 12.7. The fourth-order valence-corrected chi connectivity index (χ4v) is 3.47.